The van der Waals surface area contributed by atoms with Gasteiger partial charge in [-0.3, -0.25) is 9.69 Å². The monoisotopic (exact) mass is 340 g/mol. The number of likely N-dealkylation sites (tertiary alicyclic amines) is 1. The molecule has 6 heteroatoms. The number of aliphatic hydroxyl groups is 1. The third-order valence-corrected chi connectivity index (χ3v) is 4.50. The summed E-state index contributed by atoms with van der Waals surface area (Å²) in [4.78, 5) is 14.0. The predicted octanol–water partition coefficient (Wildman–Crippen LogP) is 2.59. The van der Waals surface area contributed by atoms with Gasteiger partial charge in [0.25, 0.3) is 6.43 Å². The summed E-state index contributed by atoms with van der Waals surface area (Å²) in [5.41, 5.74) is 0.832. The van der Waals surface area contributed by atoms with Gasteiger partial charge in [0.05, 0.1) is 12.6 Å². The first-order valence-corrected chi connectivity index (χ1v) is 8.49. The van der Waals surface area contributed by atoms with Crippen LogP contribution in [0.4, 0.5) is 8.78 Å². The molecular weight excluding hydrogens is 314 g/mol. The van der Waals surface area contributed by atoms with E-state index in [1.807, 2.05) is 37.3 Å². The second kappa shape index (κ2) is 9.08. The lowest BCUT2D eigenvalue weighted by Crippen LogP contribution is -2.44. The molecule has 1 aromatic rings. The highest BCUT2D eigenvalue weighted by Crippen LogP contribution is 2.20. The van der Waals surface area contributed by atoms with Crippen LogP contribution in [0.3, 0.4) is 0 Å². The van der Waals surface area contributed by atoms with Crippen molar-refractivity contribution in [1.29, 1.82) is 0 Å². The molecule has 2 N–H and O–H groups in total. The van der Waals surface area contributed by atoms with Gasteiger partial charge in [0, 0.05) is 12.0 Å². The summed E-state index contributed by atoms with van der Waals surface area (Å²) in [7, 11) is 0. The number of carbonyl (C=O) groups is 1. The molecule has 2 rings (SSSR count). The Morgan fingerprint density at radius 1 is 1.29 bits per heavy atom. The first-order valence-electron chi connectivity index (χ1n) is 8.49. The number of benzene rings is 1. The van der Waals surface area contributed by atoms with Gasteiger partial charge in [-0.15, -0.1) is 0 Å². The third-order valence-electron chi connectivity index (χ3n) is 4.50. The van der Waals surface area contributed by atoms with Crippen LogP contribution in [-0.2, 0) is 4.79 Å². The van der Waals surface area contributed by atoms with Crippen molar-refractivity contribution < 1.29 is 18.7 Å². The van der Waals surface area contributed by atoms with Crippen molar-refractivity contribution in [3.63, 3.8) is 0 Å². The Kier molecular flexibility index (Phi) is 7.12. The van der Waals surface area contributed by atoms with Crippen LogP contribution in [0, 0.1) is 5.92 Å². The SMILES string of the molecule is C[C@H](C[C@H](O)c1ccccc1)NC(=O)C1CCN(CC(F)F)CC1. The van der Waals surface area contributed by atoms with Gasteiger partial charge in [-0.1, -0.05) is 30.3 Å². The maximum Gasteiger partial charge on any atom is 0.251 e. The summed E-state index contributed by atoms with van der Waals surface area (Å²) in [5.74, 6) is -0.172. The van der Waals surface area contributed by atoms with Gasteiger partial charge in [-0.2, -0.15) is 0 Å². The lowest BCUT2D eigenvalue weighted by Gasteiger charge is -2.31. The molecule has 134 valence electrons. The minimum absolute atomic E-state index is 0.0422. The number of hydrogen-bond acceptors (Lipinski definition) is 3. The first-order chi connectivity index (χ1) is 11.5. The molecule has 0 saturated carbocycles. The van der Waals surface area contributed by atoms with Crippen molar-refractivity contribution in [3.8, 4) is 0 Å². The first kappa shape index (κ1) is 18.8. The third kappa shape index (κ3) is 5.83. The van der Waals surface area contributed by atoms with Crippen LogP contribution in [0.5, 0.6) is 0 Å². The number of alkyl halides is 2. The number of hydrogen-bond donors (Lipinski definition) is 2. The number of nitrogens with one attached hydrogen (secondary N) is 1. The number of nitrogens with zero attached hydrogens (tertiary/aromatic N) is 1. The van der Waals surface area contributed by atoms with Crippen molar-refractivity contribution in [2.24, 2.45) is 5.92 Å². The molecule has 24 heavy (non-hydrogen) atoms. The predicted molar refractivity (Wildman–Crippen MR) is 88.8 cm³/mol. The van der Waals surface area contributed by atoms with Crippen LogP contribution in [0.15, 0.2) is 30.3 Å². The van der Waals surface area contributed by atoms with Crippen LogP contribution in [0.2, 0.25) is 0 Å². The minimum atomic E-state index is -2.32. The molecule has 0 spiro atoms. The second-order valence-corrected chi connectivity index (χ2v) is 6.54. The number of aliphatic hydroxyl groups excluding tert-OH is 1. The van der Waals surface area contributed by atoms with E-state index in [0.717, 1.165) is 5.56 Å². The maximum absolute atomic E-state index is 12.4. The summed E-state index contributed by atoms with van der Waals surface area (Å²) in [5, 5.41) is 13.1. The minimum Gasteiger partial charge on any atom is -0.388 e. The molecule has 4 nitrogen and oxygen atoms in total. The standard InChI is InChI=1S/C18H26F2N2O2/c1-13(11-16(23)14-5-3-2-4-6-14)21-18(24)15-7-9-22(10-8-15)12-17(19)20/h2-6,13,15-17,23H,7-12H2,1H3,(H,21,24)/t13-,16+/m1/s1. The number of halogens is 2. The fourth-order valence-corrected chi connectivity index (χ4v) is 3.14. The van der Waals surface area contributed by atoms with Crippen LogP contribution >= 0.6 is 0 Å². The molecule has 0 unspecified atom stereocenters. The van der Waals surface area contributed by atoms with Crippen molar-refractivity contribution in [2.45, 2.75) is 44.8 Å². The zero-order valence-corrected chi connectivity index (χ0v) is 14.0. The van der Waals surface area contributed by atoms with Gasteiger partial charge in [0.15, 0.2) is 0 Å². The fraction of sp³-hybridized carbons (Fsp3) is 0.611. The Labute approximate surface area is 141 Å². The molecule has 2 atom stereocenters. The van der Waals surface area contributed by atoms with Crippen molar-refractivity contribution in [1.82, 2.24) is 10.2 Å². The highest BCUT2D eigenvalue weighted by Gasteiger charge is 2.27. The summed E-state index contributed by atoms with van der Waals surface area (Å²) in [6.45, 7) is 2.72. The molecule has 1 saturated heterocycles. The van der Waals surface area contributed by atoms with Crippen LogP contribution < -0.4 is 5.32 Å². The van der Waals surface area contributed by atoms with Crippen molar-refractivity contribution in [2.75, 3.05) is 19.6 Å². The molecule has 0 bridgehead atoms. The number of piperidine rings is 1. The molecule has 1 fully saturated rings. The van der Waals surface area contributed by atoms with Crippen molar-refractivity contribution >= 4 is 5.91 Å². The average Bonchev–Trinajstić information content (AvgIpc) is 2.55. The van der Waals surface area contributed by atoms with Gasteiger partial charge in [0.1, 0.15) is 0 Å². The van der Waals surface area contributed by atoms with Gasteiger partial charge < -0.3 is 10.4 Å². The molecule has 0 radical (unpaired) electrons. The van der Waals surface area contributed by atoms with E-state index in [2.05, 4.69) is 5.32 Å². The summed E-state index contributed by atoms with van der Waals surface area (Å²) in [6, 6.07) is 9.20. The van der Waals surface area contributed by atoms with E-state index >= 15 is 0 Å². The zero-order valence-electron chi connectivity index (χ0n) is 14.0. The van der Waals surface area contributed by atoms with Crippen LogP contribution in [0.25, 0.3) is 0 Å². The Bertz CT molecular complexity index is 505. The van der Waals surface area contributed by atoms with Crippen molar-refractivity contribution in [3.05, 3.63) is 35.9 Å². The van der Waals surface area contributed by atoms with E-state index in [1.54, 1.807) is 4.90 Å². The van der Waals surface area contributed by atoms with Crippen LogP contribution in [0.1, 0.15) is 37.9 Å². The number of rotatable bonds is 7. The highest BCUT2D eigenvalue weighted by molar-refractivity contribution is 5.79. The lowest BCUT2D eigenvalue weighted by atomic mass is 9.95. The molecule has 1 heterocycles. The van der Waals surface area contributed by atoms with E-state index < -0.39 is 12.5 Å². The Morgan fingerprint density at radius 2 is 1.92 bits per heavy atom. The lowest BCUT2D eigenvalue weighted by molar-refractivity contribution is -0.127. The summed E-state index contributed by atoms with van der Waals surface area (Å²) in [6.07, 6.45) is -1.29. The molecular formula is C18H26F2N2O2. The Balaban J connectivity index is 1.74. The van der Waals surface area contributed by atoms with E-state index in [-0.39, 0.29) is 24.4 Å². The van der Waals surface area contributed by atoms with E-state index in [1.165, 1.54) is 0 Å². The zero-order chi connectivity index (χ0) is 17.5. The molecule has 0 aliphatic carbocycles. The quantitative estimate of drug-likeness (QED) is 0.802. The van der Waals surface area contributed by atoms with E-state index in [9.17, 15) is 18.7 Å². The fourth-order valence-electron chi connectivity index (χ4n) is 3.14. The van der Waals surface area contributed by atoms with Gasteiger partial charge in [0.2, 0.25) is 5.91 Å². The maximum atomic E-state index is 12.4. The number of carbonyl (C=O) groups excluding carboxylic acids is 1. The smallest absolute Gasteiger partial charge is 0.251 e. The van der Waals surface area contributed by atoms with E-state index in [4.69, 9.17) is 0 Å². The summed E-state index contributed by atoms with van der Waals surface area (Å²) < 4.78 is 24.7. The van der Waals surface area contributed by atoms with Gasteiger partial charge >= 0.3 is 0 Å². The van der Waals surface area contributed by atoms with E-state index in [0.29, 0.717) is 32.4 Å². The summed E-state index contributed by atoms with van der Waals surface area (Å²) >= 11 is 0. The second-order valence-electron chi connectivity index (χ2n) is 6.54. The number of amides is 1. The topological polar surface area (TPSA) is 52.6 Å². The molecule has 0 aromatic heterocycles. The highest BCUT2D eigenvalue weighted by atomic mass is 19.3. The van der Waals surface area contributed by atoms with Gasteiger partial charge in [-0.25, -0.2) is 8.78 Å². The molecule has 1 aliphatic heterocycles. The molecule has 1 aromatic carbocycles. The largest absolute Gasteiger partial charge is 0.388 e. The molecule has 1 aliphatic rings. The average molecular weight is 340 g/mol. The van der Waals surface area contributed by atoms with Gasteiger partial charge in [-0.05, 0) is 44.8 Å². The molecule has 1 amide bonds. The Morgan fingerprint density at radius 3 is 2.50 bits per heavy atom. The Hall–Kier alpha value is -1.53. The normalized spacial score (nSPS) is 19.2. The van der Waals surface area contributed by atoms with Crippen LogP contribution in [-0.4, -0.2) is 48.0 Å².